The molecule has 39 heavy (non-hydrogen) atoms. The van der Waals surface area contributed by atoms with E-state index in [1.807, 2.05) is 25.1 Å². The van der Waals surface area contributed by atoms with Crippen LogP contribution >= 0.6 is 23.2 Å². The van der Waals surface area contributed by atoms with Crippen molar-refractivity contribution in [3.63, 3.8) is 0 Å². The second-order valence-electron chi connectivity index (χ2n) is 9.73. The summed E-state index contributed by atoms with van der Waals surface area (Å²) in [5.74, 6) is 0.748. The summed E-state index contributed by atoms with van der Waals surface area (Å²) in [5.41, 5.74) is 5.38. The Morgan fingerprint density at radius 1 is 1.18 bits per heavy atom. The van der Waals surface area contributed by atoms with Crippen LogP contribution in [0.4, 0.5) is 0 Å². The summed E-state index contributed by atoms with van der Waals surface area (Å²) in [6.45, 7) is 2.23. The van der Waals surface area contributed by atoms with E-state index in [-0.39, 0.29) is 12.3 Å². The molecule has 1 saturated carbocycles. The van der Waals surface area contributed by atoms with Crippen molar-refractivity contribution in [3.8, 4) is 17.0 Å². The summed E-state index contributed by atoms with van der Waals surface area (Å²) in [7, 11) is 1.69. The Morgan fingerprint density at radius 2 is 1.95 bits per heavy atom. The number of carboxylic acid groups (broad SMARTS) is 1. The molecular weight excluding hydrogens is 543 g/mol. The molecule has 6 rings (SSSR count). The molecule has 2 aliphatic rings. The van der Waals surface area contributed by atoms with Gasteiger partial charge in [-0.2, -0.15) is 5.10 Å². The summed E-state index contributed by atoms with van der Waals surface area (Å²) in [4.78, 5) is 16.9. The van der Waals surface area contributed by atoms with E-state index in [2.05, 4.69) is 15.4 Å². The van der Waals surface area contributed by atoms with E-state index in [9.17, 15) is 9.90 Å². The van der Waals surface area contributed by atoms with Gasteiger partial charge in [-0.05, 0) is 61.7 Å². The van der Waals surface area contributed by atoms with Crippen molar-refractivity contribution in [2.24, 2.45) is 12.2 Å². The first kappa shape index (κ1) is 25.5. The van der Waals surface area contributed by atoms with Crippen LogP contribution in [0.15, 0.2) is 52.1 Å². The van der Waals surface area contributed by atoms with Crippen molar-refractivity contribution >= 4 is 34.9 Å². The van der Waals surface area contributed by atoms with Gasteiger partial charge in [0.2, 0.25) is 0 Å². The summed E-state index contributed by atoms with van der Waals surface area (Å²) >= 11 is 12.9. The summed E-state index contributed by atoms with van der Waals surface area (Å²) < 4.78 is 13.5. The lowest BCUT2D eigenvalue weighted by atomic mass is 9.99. The first-order valence-corrected chi connectivity index (χ1v) is 13.2. The van der Waals surface area contributed by atoms with Gasteiger partial charge in [0.15, 0.2) is 11.8 Å². The predicted octanol–water partition coefficient (Wildman–Crippen LogP) is 6.71. The molecule has 1 unspecified atom stereocenters. The minimum absolute atomic E-state index is 0.0279. The molecule has 0 bridgehead atoms. The molecule has 0 saturated heterocycles. The van der Waals surface area contributed by atoms with Gasteiger partial charge in [-0.3, -0.25) is 4.68 Å². The van der Waals surface area contributed by atoms with Crippen molar-refractivity contribution < 1.29 is 24.0 Å². The highest BCUT2D eigenvalue weighted by atomic mass is 35.5. The maximum Gasteiger partial charge on any atom is 0.356 e. The standard InChI is InChI=1S/C28H24Cl2N4O5/c1-14-10-16(8-9-17(14)21-12-24(38-32-21)23-11-22(28(35)36)31-34(23)2)37-13-18-26(33-39-27(18)15-6-7-15)25-19(29)4-3-5-20(25)30/h3-5,8-11,15,24H,6-7,12-13H2,1-2H3,(H,35,36). The number of aryl methyl sites for hydroxylation is 2. The van der Waals surface area contributed by atoms with Crippen LogP contribution < -0.4 is 4.74 Å². The second-order valence-corrected chi connectivity index (χ2v) is 10.5. The molecule has 1 aliphatic heterocycles. The zero-order chi connectivity index (χ0) is 27.3. The van der Waals surface area contributed by atoms with Crippen LogP contribution in [0.3, 0.4) is 0 Å². The topological polar surface area (TPSA) is 112 Å². The molecule has 2 aromatic carbocycles. The number of halogens is 2. The van der Waals surface area contributed by atoms with E-state index in [4.69, 9.17) is 37.3 Å². The fourth-order valence-corrected chi connectivity index (χ4v) is 5.41. The highest BCUT2D eigenvalue weighted by Crippen LogP contribution is 2.46. The molecule has 2 aromatic heterocycles. The Labute approximate surface area is 233 Å². The van der Waals surface area contributed by atoms with Gasteiger partial charge in [-0.15, -0.1) is 0 Å². The molecular formula is C28H24Cl2N4O5. The van der Waals surface area contributed by atoms with E-state index >= 15 is 0 Å². The number of carboxylic acids is 1. The SMILES string of the molecule is Cc1cc(OCc2c(-c3c(Cl)cccc3Cl)noc2C2CC2)ccc1C1=NOC(c2cc(C(=O)O)nn2C)C1. The Hall–Kier alpha value is -3.82. The van der Waals surface area contributed by atoms with Crippen LogP contribution in [0.5, 0.6) is 5.75 Å². The number of carbonyl (C=O) groups is 1. The summed E-state index contributed by atoms with van der Waals surface area (Å²) in [6.07, 6.45) is 2.18. The van der Waals surface area contributed by atoms with E-state index in [0.717, 1.165) is 41.0 Å². The first-order valence-electron chi connectivity index (χ1n) is 12.5. The Balaban J connectivity index is 1.19. The minimum Gasteiger partial charge on any atom is -0.489 e. The lowest BCUT2D eigenvalue weighted by Crippen LogP contribution is -2.08. The third-order valence-electron chi connectivity index (χ3n) is 6.99. The molecule has 3 heterocycles. The number of aromatic nitrogens is 3. The van der Waals surface area contributed by atoms with E-state index in [1.54, 1.807) is 25.2 Å². The van der Waals surface area contributed by atoms with Crippen molar-refractivity contribution in [3.05, 3.63) is 86.3 Å². The molecule has 0 radical (unpaired) electrons. The van der Waals surface area contributed by atoms with Gasteiger partial charge in [0.25, 0.3) is 0 Å². The Bertz CT molecular complexity index is 1600. The van der Waals surface area contributed by atoms with Crippen LogP contribution in [0.1, 0.15) is 69.9 Å². The van der Waals surface area contributed by atoms with Crippen LogP contribution in [0.2, 0.25) is 10.0 Å². The smallest absolute Gasteiger partial charge is 0.356 e. The second kappa shape index (κ2) is 10.1. The lowest BCUT2D eigenvalue weighted by Gasteiger charge is -2.12. The number of aromatic carboxylic acids is 1. The predicted molar refractivity (Wildman–Crippen MR) is 145 cm³/mol. The van der Waals surface area contributed by atoms with Crippen molar-refractivity contribution in [2.75, 3.05) is 0 Å². The average Bonchev–Trinajstić information content (AvgIpc) is 3.28. The van der Waals surface area contributed by atoms with Crippen molar-refractivity contribution in [1.82, 2.24) is 14.9 Å². The van der Waals surface area contributed by atoms with Crippen LogP contribution in [0.25, 0.3) is 11.3 Å². The Morgan fingerprint density at radius 3 is 2.62 bits per heavy atom. The molecule has 4 aromatic rings. The van der Waals surface area contributed by atoms with E-state index < -0.39 is 12.1 Å². The van der Waals surface area contributed by atoms with Crippen molar-refractivity contribution in [2.45, 2.75) is 44.8 Å². The summed E-state index contributed by atoms with van der Waals surface area (Å²) in [5, 5.41) is 22.9. The zero-order valence-corrected chi connectivity index (χ0v) is 22.7. The van der Waals surface area contributed by atoms with E-state index in [1.165, 1.54) is 10.7 Å². The van der Waals surface area contributed by atoms with Crippen LogP contribution in [0, 0.1) is 6.92 Å². The highest BCUT2D eigenvalue weighted by molar-refractivity contribution is 6.39. The Kier molecular flexibility index (Phi) is 6.56. The molecule has 1 aliphatic carbocycles. The van der Waals surface area contributed by atoms with E-state index in [0.29, 0.717) is 45.1 Å². The maximum atomic E-state index is 11.3. The number of nitrogens with zero attached hydrogens (tertiary/aromatic N) is 4. The van der Waals surface area contributed by atoms with Gasteiger partial charge in [-0.25, -0.2) is 4.79 Å². The molecule has 1 fully saturated rings. The van der Waals surface area contributed by atoms with Gasteiger partial charge in [0.1, 0.15) is 23.8 Å². The third kappa shape index (κ3) is 4.88. The summed E-state index contributed by atoms with van der Waals surface area (Å²) in [6, 6.07) is 12.6. The molecule has 9 nitrogen and oxygen atoms in total. The van der Waals surface area contributed by atoms with Gasteiger partial charge in [-0.1, -0.05) is 39.6 Å². The largest absolute Gasteiger partial charge is 0.489 e. The third-order valence-corrected chi connectivity index (χ3v) is 7.62. The first-order chi connectivity index (χ1) is 18.8. The lowest BCUT2D eigenvalue weighted by molar-refractivity contribution is 0.0689. The normalized spacial score (nSPS) is 16.7. The zero-order valence-electron chi connectivity index (χ0n) is 21.1. The number of hydrogen-bond donors (Lipinski definition) is 1. The number of benzene rings is 2. The quantitative estimate of drug-likeness (QED) is 0.252. The fraction of sp³-hybridized carbons (Fsp3) is 0.286. The molecule has 11 heteroatoms. The van der Waals surface area contributed by atoms with Gasteiger partial charge >= 0.3 is 5.97 Å². The minimum atomic E-state index is -1.08. The fourth-order valence-electron chi connectivity index (χ4n) is 4.84. The number of rotatable bonds is 8. The molecule has 200 valence electrons. The van der Waals surface area contributed by atoms with Gasteiger partial charge in [0, 0.05) is 30.5 Å². The average molecular weight is 567 g/mol. The number of oxime groups is 1. The van der Waals surface area contributed by atoms with Crippen LogP contribution in [-0.2, 0) is 18.5 Å². The molecule has 1 N–H and O–H groups in total. The van der Waals surface area contributed by atoms with Crippen molar-refractivity contribution in [1.29, 1.82) is 0 Å². The van der Waals surface area contributed by atoms with Gasteiger partial charge in [0.05, 0.1) is 27.0 Å². The monoisotopic (exact) mass is 566 g/mol. The highest BCUT2D eigenvalue weighted by Gasteiger charge is 2.34. The number of ether oxygens (including phenoxy) is 1. The molecule has 0 amide bonds. The number of hydrogen-bond acceptors (Lipinski definition) is 7. The van der Waals surface area contributed by atoms with Crippen LogP contribution in [-0.4, -0.2) is 31.7 Å². The van der Waals surface area contributed by atoms with Gasteiger partial charge < -0.3 is 19.2 Å². The maximum absolute atomic E-state index is 11.3. The molecule has 1 atom stereocenters. The molecule has 0 spiro atoms.